The first-order valence-corrected chi connectivity index (χ1v) is 21.5. The highest BCUT2D eigenvalue weighted by atomic mass is 19.1. The van der Waals surface area contributed by atoms with Gasteiger partial charge in [0.25, 0.3) is 11.7 Å². The Kier molecular flexibility index (Phi) is 15.7. The number of cyclic esters (lactones) is 1. The van der Waals surface area contributed by atoms with Gasteiger partial charge in [0.1, 0.15) is 30.2 Å². The molecule has 4 saturated heterocycles. The van der Waals surface area contributed by atoms with Crippen molar-refractivity contribution in [1.82, 2.24) is 9.80 Å². The van der Waals surface area contributed by atoms with Gasteiger partial charge in [0.05, 0.1) is 31.0 Å². The number of rotatable bonds is 5. The number of carbonyl (C=O) groups excluding carboxylic acids is 4. The van der Waals surface area contributed by atoms with Gasteiger partial charge in [-0.2, -0.15) is 0 Å². The van der Waals surface area contributed by atoms with Crippen molar-refractivity contribution >= 4 is 23.4 Å². The van der Waals surface area contributed by atoms with Gasteiger partial charge in [-0.25, -0.2) is 9.18 Å². The minimum Gasteiger partial charge on any atom is -0.456 e. The predicted octanol–water partition coefficient (Wildman–Crippen LogP) is 5.53. The van der Waals surface area contributed by atoms with Crippen LogP contribution in [0.5, 0.6) is 0 Å². The van der Waals surface area contributed by atoms with E-state index in [4.69, 9.17) is 23.7 Å². The summed E-state index contributed by atoms with van der Waals surface area (Å²) in [6, 6.07) is -1.06. The molecule has 12 nitrogen and oxygen atoms in total. The number of halogens is 1. The summed E-state index contributed by atoms with van der Waals surface area (Å²) < 4.78 is 46.5. The molecular weight excluding hydrogens is 735 g/mol. The molecule has 1 N–H and O–H groups in total. The van der Waals surface area contributed by atoms with Crippen LogP contribution < -0.4 is 0 Å². The number of fused-ring (bicyclic) bond motifs is 4. The molecule has 5 rings (SSSR count). The molecule has 4 fully saturated rings. The minimum atomic E-state index is -2.55. The summed E-state index contributed by atoms with van der Waals surface area (Å²) in [6.07, 6.45) is 5.26. The summed E-state index contributed by atoms with van der Waals surface area (Å²) in [5, 5.41) is 12.0. The molecule has 5 heterocycles. The number of allylic oxidation sites excluding steroid dienone is 2. The standard InChI is InChI=1S/C44H69FN2O10/c1-9-32-22-28(3)37(45)29(4)23-35(53-7)39-36(54-8)24-31(6)44(52,57-39)40(49)41(50)47-19-12-10-14-33(47)42(51)56-38(27(2)15-16-34(32)48)30(5)25-43-17-11-13-18-46(43)20-21-55-26-43/h22,25,27,29,31-33,35-39,52H,9-21,23-24,26H2,1-8H3/b28-22+,30-25?. The van der Waals surface area contributed by atoms with Crippen LogP contribution in [0.1, 0.15) is 112 Å². The number of methoxy groups -OCH3 is 2. The van der Waals surface area contributed by atoms with Gasteiger partial charge in [0.15, 0.2) is 0 Å². The number of hydrogen-bond donors (Lipinski definition) is 1. The second-order valence-corrected chi connectivity index (χ2v) is 17.7. The van der Waals surface area contributed by atoms with E-state index in [1.165, 1.54) is 19.1 Å². The molecule has 57 heavy (non-hydrogen) atoms. The van der Waals surface area contributed by atoms with Crippen molar-refractivity contribution in [3.63, 3.8) is 0 Å². The largest absolute Gasteiger partial charge is 0.456 e. The number of esters is 1. The van der Waals surface area contributed by atoms with Gasteiger partial charge in [-0.15, -0.1) is 0 Å². The van der Waals surface area contributed by atoms with Gasteiger partial charge in [-0.1, -0.05) is 39.8 Å². The fourth-order valence-corrected chi connectivity index (χ4v) is 10.0. The third-order valence-corrected chi connectivity index (χ3v) is 13.6. The maximum absolute atomic E-state index is 16.2. The highest BCUT2D eigenvalue weighted by molar-refractivity contribution is 6.39. The molecule has 2 bridgehead atoms. The van der Waals surface area contributed by atoms with E-state index in [2.05, 4.69) is 11.0 Å². The number of hydrogen-bond acceptors (Lipinski definition) is 11. The van der Waals surface area contributed by atoms with Gasteiger partial charge < -0.3 is 33.7 Å². The van der Waals surface area contributed by atoms with Crippen molar-refractivity contribution < 1.29 is 52.4 Å². The highest BCUT2D eigenvalue weighted by Gasteiger charge is 2.57. The predicted molar refractivity (Wildman–Crippen MR) is 212 cm³/mol. The molecule has 0 aliphatic carbocycles. The number of carbonyl (C=O) groups is 4. The lowest BCUT2D eigenvalue weighted by Gasteiger charge is -2.49. The second-order valence-electron chi connectivity index (χ2n) is 17.7. The normalized spacial score (nSPS) is 41.3. The summed E-state index contributed by atoms with van der Waals surface area (Å²) in [5.74, 6) is -7.64. The smallest absolute Gasteiger partial charge is 0.329 e. The number of morpholine rings is 1. The molecule has 13 heteroatoms. The SMILES string of the molecule is CCC1/C=C(\C)C(F)C(C)CC(OC)C2OC(O)(C(=O)C(=O)N3CCCCC3C(=O)OC(C(C)=CC34CCCCN3CCOC4)C(C)CCC1=O)C(C)CC2OC. The van der Waals surface area contributed by atoms with Crippen molar-refractivity contribution in [2.45, 2.75) is 160 Å². The number of aliphatic hydroxyl groups is 1. The number of alkyl halides is 1. The maximum atomic E-state index is 16.2. The number of ether oxygens (including phenoxy) is 5. The molecule has 0 spiro atoms. The average molecular weight is 805 g/mol. The first kappa shape index (κ1) is 45.5. The van der Waals surface area contributed by atoms with Gasteiger partial charge in [-0.05, 0) is 108 Å². The number of Topliss-reactive ketones (excluding diaryl/α,β-unsaturated/α-hetero) is 2. The Morgan fingerprint density at radius 3 is 2.39 bits per heavy atom. The summed E-state index contributed by atoms with van der Waals surface area (Å²) in [5.41, 5.74) is 0.933. The fourth-order valence-electron chi connectivity index (χ4n) is 10.0. The number of nitrogens with zero attached hydrogens (tertiary/aromatic N) is 2. The lowest BCUT2D eigenvalue weighted by Crippen LogP contribution is -2.64. The van der Waals surface area contributed by atoms with Crippen LogP contribution in [0.4, 0.5) is 4.39 Å². The molecule has 0 radical (unpaired) electrons. The van der Waals surface area contributed by atoms with Crippen molar-refractivity contribution in [2.75, 3.05) is 47.1 Å². The van der Waals surface area contributed by atoms with E-state index in [0.29, 0.717) is 44.5 Å². The molecule has 1 amide bonds. The minimum absolute atomic E-state index is 0.0110. The molecule has 0 saturated carbocycles. The Morgan fingerprint density at radius 1 is 0.982 bits per heavy atom. The van der Waals surface area contributed by atoms with E-state index < -0.39 is 77.8 Å². The third kappa shape index (κ3) is 9.92. The zero-order valence-electron chi connectivity index (χ0n) is 35.6. The maximum Gasteiger partial charge on any atom is 0.329 e. The van der Waals surface area contributed by atoms with Crippen molar-refractivity contribution in [3.8, 4) is 0 Å². The van der Waals surface area contributed by atoms with Crippen LogP contribution in [-0.2, 0) is 42.9 Å². The summed E-state index contributed by atoms with van der Waals surface area (Å²) in [6.45, 7) is 14.0. The molecule has 322 valence electrons. The molecule has 5 aliphatic rings. The van der Waals surface area contributed by atoms with Gasteiger partial charge in [-0.3, -0.25) is 19.3 Å². The van der Waals surface area contributed by atoms with Gasteiger partial charge in [0, 0.05) is 45.6 Å². The van der Waals surface area contributed by atoms with E-state index in [0.717, 1.165) is 37.9 Å². The van der Waals surface area contributed by atoms with E-state index in [-0.39, 0.29) is 49.5 Å². The Hall–Kier alpha value is -2.55. The van der Waals surface area contributed by atoms with Crippen LogP contribution in [0.15, 0.2) is 23.3 Å². The molecule has 0 aromatic carbocycles. The first-order valence-electron chi connectivity index (χ1n) is 21.5. The Balaban J connectivity index is 1.55. The molecule has 0 aromatic rings. The Morgan fingerprint density at radius 2 is 1.68 bits per heavy atom. The summed E-state index contributed by atoms with van der Waals surface area (Å²) in [4.78, 5) is 60.4. The van der Waals surface area contributed by atoms with Crippen LogP contribution in [0, 0.1) is 23.7 Å². The number of piperidine rings is 2. The Labute approximate surface area is 339 Å². The molecular formula is C44H69FN2O10. The molecule has 12 atom stereocenters. The summed E-state index contributed by atoms with van der Waals surface area (Å²) >= 11 is 0. The van der Waals surface area contributed by atoms with E-state index in [9.17, 15) is 24.3 Å². The van der Waals surface area contributed by atoms with Crippen LogP contribution in [0.2, 0.25) is 0 Å². The topological polar surface area (TPSA) is 141 Å². The van der Waals surface area contributed by atoms with Crippen LogP contribution in [0.25, 0.3) is 0 Å². The molecule has 12 unspecified atom stereocenters. The Bertz CT molecular complexity index is 1490. The summed E-state index contributed by atoms with van der Waals surface area (Å²) in [7, 11) is 2.94. The van der Waals surface area contributed by atoms with E-state index in [1.807, 2.05) is 20.8 Å². The zero-order valence-corrected chi connectivity index (χ0v) is 35.6. The number of amides is 1. The fraction of sp³-hybridized carbons (Fsp3) is 0.818. The lowest BCUT2D eigenvalue weighted by molar-refractivity contribution is -0.302. The monoisotopic (exact) mass is 804 g/mol. The molecule has 0 aromatic heterocycles. The van der Waals surface area contributed by atoms with Gasteiger partial charge >= 0.3 is 5.97 Å². The quantitative estimate of drug-likeness (QED) is 0.213. The highest BCUT2D eigenvalue weighted by Crippen LogP contribution is 2.40. The van der Waals surface area contributed by atoms with E-state index in [1.54, 1.807) is 26.8 Å². The average Bonchev–Trinajstić information content (AvgIpc) is 3.21. The lowest BCUT2D eigenvalue weighted by atomic mass is 9.81. The van der Waals surface area contributed by atoms with Gasteiger partial charge in [0.2, 0.25) is 5.79 Å². The van der Waals surface area contributed by atoms with Crippen molar-refractivity contribution in [1.29, 1.82) is 0 Å². The third-order valence-electron chi connectivity index (χ3n) is 13.6. The van der Waals surface area contributed by atoms with Crippen LogP contribution >= 0.6 is 0 Å². The van der Waals surface area contributed by atoms with Crippen LogP contribution in [-0.4, -0.2) is 133 Å². The van der Waals surface area contributed by atoms with Crippen molar-refractivity contribution in [3.05, 3.63) is 23.3 Å². The van der Waals surface area contributed by atoms with E-state index >= 15 is 4.39 Å². The van der Waals surface area contributed by atoms with Crippen LogP contribution in [0.3, 0.4) is 0 Å². The second kappa shape index (κ2) is 19.7. The van der Waals surface area contributed by atoms with Crippen molar-refractivity contribution in [2.24, 2.45) is 23.7 Å². The number of ketones is 2. The zero-order chi connectivity index (χ0) is 41.7. The first-order chi connectivity index (χ1) is 27.1. The molecule has 5 aliphatic heterocycles.